The van der Waals surface area contributed by atoms with Gasteiger partial charge in [0.25, 0.3) is 0 Å². The average Bonchev–Trinajstić information content (AvgIpc) is 2.27. The van der Waals surface area contributed by atoms with Gasteiger partial charge in [0.15, 0.2) is 0 Å². The van der Waals surface area contributed by atoms with E-state index < -0.39 is 10.0 Å². The molecule has 0 aliphatic rings. The van der Waals surface area contributed by atoms with Crippen molar-refractivity contribution in [3.63, 3.8) is 0 Å². The molecule has 84 valence electrons. The Labute approximate surface area is 98.5 Å². The van der Waals surface area contributed by atoms with E-state index in [4.69, 9.17) is 0 Å². The minimum atomic E-state index is -3.15. The number of hydrogen-bond donors (Lipinski definition) is 0. The summed E-state index contributed by atoms with van der Waals surface area (Å²) in [6.07, 6.45) is 2.33. The first kappa shape index (κ1) is 12.6. The summed E-state index contributed by atoms with van der Waals surface area (Å²) >= 11 is 2.95. The quantitative estimate of drug-likeness (QED) is 0.767. The lowest BCUT2D eigenvalue weighted by Crippen LogP contribution is -2.29. The zero-order chi connectivity index (χ0) is 11.3. The molecule has 0 aliphatic heterocycles. The number of hydrogen-bond acceptors (Lipinski definition) is 3. The third-order valence-electron chi connectivity index (χ3n) is 2.02. The van der Waals surface area contributed by atoms with Gasteiger partial charge in [-0.3, -0.25) is 4.98 Å². The predicted molar refractivity (Wildman–Crippen MR) is 63.3 cm³/mol. The zero-order valence-corrected chi connectivity index (χ0v) is 10.8. The molecule has 1 heterocycles. The molecule has 4 nitrogen and oxygen atoms in total. The fraction of sp³-hybridized carbons (Fsp3) is 0.444. The van der Waals surface area contributed by atoms with Crippen LogP contribution >= 0.6 is 15.9 Å². The smallest absolute Gasteiger partial charge is 0.223 e. The van der Waals surface area contributed by atoms with Gasteiger partial charge in [-0.1, -0.05) is 22.0 Å². The Balaban J connectivity index is 2.52. The van der Waals surface area contributed by atoms with Crippen molar-refractivity contribution >= 4 is 26.0 Å². The summed E-state index contributed by atoms with van der Waals surface area (Å²) in [7, 11) is -1.58. The number of nitrogens with zero attached hydrogens (tertiary/aromatic N) is 2. The lowest BCUT2D eigenvalue weighted by Gasteiger charge is -2.14. The molecule has 15 heavy (non-hydrogen) atoms. The molecule has 1 aromatic rings. The molecule has 1 rings (SSSR count). The van der Waals surface area contributed by atoms with Crippen molar-refractivity contribution < 1.29 is 8.42 Å². The molecule has 0 spiro atoms. The second-order valence-corrected chi connectivity index (χ2v) is 6.49. The molecule has 0 unspecified atom stereocenters. The molecule has 0 aliphatic carbocycles. The van der Waals surface area contributed by atoms with Crippen LogP contribution in [0.15, 0.2) is 24.4 Å². The van der Waals surface area contributed by atoms with E-state index in [1.165, 1.54) is 4.31 Å². The fourth-order valence-corrected chi connectivity index (χ4v) is 2.63. The Kier molecular flexibility index (Phi) is 4.69. The lowest BCUT2D eigenvalue weighted by atomic mass is 10.3. The first-order chi connectivity index (χ1) is 7.06. The topological polar surface area (TPSA) is 50.3 Å². The molecule has 0 aromatic carbocycles. The molecule has 0 radical (unpaired) electrons. The van der Waals surface area contributed by atoms with Gasteiger partial charge in [0.05, 0.1) is 0 Å². The second kappa shape index (κ2) is 5.58. The normalized spacial score (nSPS) is 11.9. The van der Waals surface area contributed by atoms with Crippen molar-refractivity contribution in [2.75, 3.05) is 18.3 Å². The molecule has 6 heteroatoms. The van der Waals surface area contributed by atoms with Crippen LogP contribution in [0.5, 0.6) is 0 Å². The van der Waals surface area contributed by atoms with E-state index in [0.717, 1.165) is 5.69 Å². The van der Waals surface area contributed by atoms with Crippen molar-refractivity contribution in [2.24, 2.45) is 0 Å². The van der Waals surface area contributed by atoms with Gasteiger partial charge in [-0.15, -0.1) is 0 Å². The van der Waals surface area contributed by atoms with Crippen LogP contribution in [-0.4, -0.2) is 36.0 Å². The van der Waals surface area contributed by atoms with Crippen LogP contribution in [0.2, 0.25) is 0 Å². The number of alkyl halides is 1. The maximum Gasteiger partial charge on any atom is 0.223 e. The highest BCUT2D eigenvalue weighted by Crippen LogP contribution is 2.04. The Bertz CT molecular complexity index is 394. The van der Waals surface area contributed by atoms with Crippen LogP contribution in [-0.2, 0) is 16.4 Å². The summed E-state index contributed by atoms with van der Waals surface area (Å²) in [4.78, 5) is 4.13. The highest BCUT2D eigenvalue weighted by Gasteiger charge is 2.15. The van der Waals surface area contributed by atoms with Crippen molar-refractivity contribution in [2.45, 2.75) is 6.42 Å². The van der Waals surface area contributed by atoms with Gasteiger partial charge in [-0.05, 0) is 12.1 Å². The number of rotatable bonds is 5. The van der Waals surface area contributed by atoms with Crippen LogP contribution in [0.1, 0.15) is 5.69 Å². The van der Waals surface area contributed by atoms with Crippen LogP contribution in [0, 0.1) is 0 Å². The third kappa shape index (κ3) is 3.89. The monoisotopic (exact) mass is 292 g/mol. The van der Waals surface area contributed by atoms with E-state index in [2.05, 4.69) is 20.9 Å². The van der Waals surface area contributed by atoms with Gasteiger partial charge in [0.2, 0.25) is 10.0 Å². The van der Waals surface area contributed by atoms with E-state index in [-0.39, 0.29) is 4.66 Å². The molecule has 0 fully saturated rings. The second-order valence-electron chi connectivity index (χ2n) is 3.11. The van der Waals surface area contributed by atoms with Crippen molar-refractivity contribution in [3.8, 4) is 0 Å². The molecule has 0 atom stereocenters. The van der Waals surface area contributed by atoms with E-state index in [1.54, 1.807) is 13.2 Å². The first-order valence-electron chi connectivity index (χ1n) is 4.46. The fourth-order valence-electron chi connectivity index (χ4n) is 1.04. The molecule has 0 saturated heterocycles. The van der Waals surface area contributed by atoms with Gasteiger partial charge < -0.3 is 0 Å². The largest absolute Gasteiger partial charge is 0.261 e. The summed E-state index contributed by atoms with van der Waals surface area (Å²) in [6, 6.07) is 5.61. The van der Waals surface area contributed by atoms with Gasteiger partial charge in [0.1, 0.15) is 4.66 Å². The van der Waals surface area contributed by atoms with Crippen LogP contribution < -0.4 is 0 Å². The van der Waals surface area contributed by atoms with Crippen molar-refractivity contribution in [1.29, 1.82) is 0 Å². The number of halogens is 1. The van der Waals surface area contributed by atoms with E-state index >= 15 is 0 Å². The number of sulfonamides is 1. The van der Waals surface area contributed by atoms with Gasteiger partial charge in [0, 0.05) is 31.9 Å². The summed E-state index contributed by atoms with van der Waals surface area (Å²) in [5.41, 5.74) is 0.897. The molecule has 0 N–H and O–H groups in total. The highest BCUT2D eigenvalue weighted by molar-refractivity contribution is 9.10. The summed E-state index contributed by atoms with van der Waals surface area (Å²) in [5.74, 6) is 0. The average molecular weight is 293 g/mol. The summed E-state index contributed by atoms with van der Waals surface area (Å²) in [5, 5.41) is 0. The lowest BCUT2D eigenvalue weighted by molar-refractivity contribution is 0.475. The zero-order valence-electron chi connectivity index (χ0n) is 8.43. The Morgan fingerprint density at radius 2 is 2.20 bits per heavy atom. The van der Waals surface area contributed by atoms with Crippen molar-refractivity contribution in [1.82, 2.24) is 9.29 Å². The maximum atomic E-state index is 11.4. The minimum absolute atomic E-state index is 0.0429. The van der Waals surface area contributed by atoms with E-state index in [1.807, 2.05) is 18.2 Å². The molecule has 0 bridgehead atoms. The molecule has 0 saturated carbocycles. The Morgan fingerprint density at radius 3 is 2.73 bits per heavy atom. The Morgan fingerprint density at radius 1 is 1.47 bits per heavy atom. The number of aromatic nitrogens is 1. The van der Waals surface area contributed by atoms with Crippen molar-refractivity contribution in [3.05, 3.63) is 30.1 Å². The van der Waals surface area contributed by atoms with Crippen LogP contribution in [0.4, 0.5) is 0 Å². The number of likely N-dealkylation sites (N-methyl/N-ethyl adjacent to an activating group) is 1. The Hall–Kier alpha value is -0.460. The molecule has 0 amide bonds. The van der Waals surface area contributed by atoms with E-state index in [9.17, 15) is 8.42 Å². The third-order valence-corrected chi connectivity index (χ3v) is 5.17. The van der Waals surface area contributed by atoms with Gasteiger partial charge in [-0.2, -0.15) is 0 Å². The summed E-state index contributed by atoms with van der Waals surface area (Å²) in [6.45, 7) is 0.449. The van der Waals surface area contributed by atoms with Gasteiger partial charge >= 0.3 is 0 Å². The molecular formula is C9H13BrN2O2S. The number of pyridine rings is 1. The standard InChI is InChI=1S/C9H13BrN2O2S/c1-12(15(13,14)8-10)7-5-9-4-2-3-6-11-9/h2-4,6H,5,7-8H2,1H3. The minimum Gasteiger partial charge on any atom is -0.261 e. The summed E-state index contributed by atoms with van der Waals surface area (Å²) < 4.78 is 24.0. The first-order valence-corrected chi connectivity index (χ1v) is 7.19. The van der Waals surface area contributed by atoms with E-state index in [0.29, 0.717) is 13.0 Å². The van der Waals surface area contributed by atoms with Crippen LogP contribution in [0.3, 0.4) is 0 Å². The molecular weight excluding hydrogens is 280 g/mol. The molecule has 1 aromatic heterocycles. The maximum absolute atomic E-state index is 11.4. The highest BCUT2D eigenvalue weighted by atomic mass is 79.9. The van der Waals surface area contributed by atoms with Crippen LogP contribution in [0.25, 0.3) is 0 Å². The van der Waals surface area contributed by atoms with Gasteiger partial charge in [-0.25, -0.2) is 12.7 Å². The SMILES string of the molecule is CN(CCc1ccccn1)S(=O)(=O)CBr. The predicted octanol–water partition coefficient (Wildman–Crippen LogP) is 1.24.